The van der Waals surface area contributed by atoms with Crippen LogP contribution in [0.15, 0.2) is 71.8 Å². The lowest BCUT2D eigenvalue weighted by Crippen LogP contribution is -2.46. The summed E-state index contributed by atoms with van der Waals surface area (Å²) in [5, 5.41) is 7.03. The molecule has 0 N–H and O–H groups in total. The number of nitrogens with zero attached hydrogens (tertiary/aromatic N) is 4. The molecule has 0 spiro atoms. The molecule has 2 aliphatic heterocycles. The summed E-state index contributed by atoms with van der Waals surface area (Å²) in [5.41, 5.74) is 5.64. The molecule has 1 unspecified atom stereocenters. The number of hydrogen-bond donors (Lipinski definition) is 0. The Balaban J connectivity index is 1.42. The first-order valence-electron chi connectivity index (χ1n) is 14.3. The normalized spacial score (nSPS) is 17.2. The molecule has 9 heteroatoms. The molecule has 2 aliphatic rings. The fourth-order valence-electron chi connectivity index (χ4n) is 5.27. The number of benzene rings is 3. The van der Waals surface area contributed by atoms with E-state index in [1.165, 1.54) is 11.1 Å². The molecular weight excluding hydrogens is 552 g/mol. The van der Waals surface area contributed by atoms with Gasteiger partial charge in [-0.3, -0.25) is 14.5 Å². The van der Waals surface area contributed by atoms with Gasteiger partial charge in [-0.2, -0.15) is 5.10 Å². The van der Waals surface area contributed by atoms with Gasteiger partial charge in [0.1, 0.15) is 12.3 Å². The van der Waals surface area contributed by atoms with Crippen LogP contribution in [0.2, 0.25) is 5.02 Å². The molecule has 3 aromatic rings. The van der Waals surface area contributed by atoms with E-state index >= 15 is 0 Å². The second-order valence-corrected chi connectivity index (χ2v) is 11.2. The van der Waals surface area contributed by atoms with E-state index in [9.17, 15) is 9.59 Å². The summed E-state index contributed by atoms with van der Waals surface area (Å²) in [4.78, 5) is 31.7. The van der Waals surface area contributed by atoms with Gasteiger partial charge >= 0.3 is 0 Å². The van der Waals surface area contributed by atoms with Crippen LogP contribution < -0.4 is 4.74 Å². The van der Waals surface area contributed by atoms with Crippen molar-refractivity contribution < 1.29 is 19.1 Å². The van der Waals surface area contributed by atoms with E-state index in [4.69, 9.17) is 26.2 Å². The standard InChI is InChI=1S/C33H37ClN4O4/c1-23-4-5-27(20-24(23)2)30-21-31(25-6-10-28(34)11-7-25)38(35-30)32(39)22-37(15-14-36-16-18-42-19-17-36)33(40)26-8-12-29(41-3)13-9-26/h4-13,20,31H,14-19,21-22H2,1-3H3. The number of morpholine rings is 1. The maximum absolute atomic E-state index is 14.0. The largest absolute Gasteiger partial charge is 0.497 e. The van der Waals surface area contributed by atoms with E-state index in [0.717, 1.165) is 29.9 Å². The Labute approximate surface area is 252 Å². The second kappa shape index (κ2) is 13.5. The minimum Gasteiger partial charge on any atom is -0.497 e. The van der Waals surface area contributed by atoms with Crippen LogP contribution >= 0.6 is 11.6 Å². The zero-order valence-electron chi connectivity index (χ0n) is 24.4. The molecule has 42 heavy (non-hydrogen) atoms. The van der Waals surface area contributed by atoms with E-state index in [1.54, 1.807) is 41.3 Å². The highest BCUT2D eigenvalue weighted by atomic mass is 35.5. The molecule has 0 aromatic heterocycles. The van der Waals surface area contributed by atoms with Crippen molar-refractivity contribution in [3.63, 3.8) is 0 Å². The topological polar surface area (TPSA) is 74.7 Å². The van der Waals surface area contributed by atoms with Gasteiger partial charge in [0, 0.05) is 43.2 Å². The maximum Gasteiger partial charge on any atom is 0.262 e. The predicted molar refractivity (Wildman–Crippen MR) is 164 cm³/mol. The molecule has 1 atom stereocenters. The third-order valence-corrected chi connectivity index (χ3v) is 8.25. The molecule has 0 radical (unpaired) electrons. The van der Waals surface area contributed by atoms with E-state index in [2.05, 4.69) is 36.9 Å². The van der Waals surface area contributed by atoms with Gasteiger partial charge in [-0.1, -0.05) is 35.9 Å². The number of rotatable bonds is 9. The number of halogens is 1. The molecule has 0 bridgehead atoms. The first-order chi connectivity index (χ1) is 20.3. The van der Waals surface area contributed by atoms with Crippen LogP contribution in [0.25, 0.3) is 0 Å². The monoisotopic (exact) mass is 588 g/mol. The lowest BCUT2D eigenvalue weighted by molar-refractivity contribution is -0.133. The number of hydrazone groups is 1. The third-order valence-electron chi connectivity index (χ3n) is 8.00. The summed E-state index contributed by atoms with van der Waals surface area (Å²) in [6.07, 6.45) is 0.566. The van der Waals surface area contributed by atoms with Gasteiger partial charge in [0.2, 0.25) is 0 Å². The number of amides is 2. The Morgan fingerprint density at radius 3 is 2.38 bits per heavy atom. The maximum atomic E-state index is 14.0. The number of ether oxygens (including phenoxy) is 2. The minimum absolute atomic E-state index is 0.0942. The average molecular weight is 589 g/mol. The van der Waals surface area contributed by atoms with Crippen LogP contribution in [0.5, 0.6) is 5.75 Å². The van der Waals surface area contributed by atoms with Gasteiger partial charge in [0.05, 0.1) is 32.1 Å². The number of methoxy groups -OCH3 is 1. The number of carbonyl (C=O) groups is 2. The van der Waals surface area contributed by atoms with Crippen molar-refractivity contribution in [1.29, 1.82) is 0 Å². The summed E-state index contributed by atoms with van der Waals surface area (Å²) >= 11 is 6.18. The summed E-state index contributed by atoms with van der Waals surface area (Å²) in [6.45, 7) is 8.04. The number of aryl methyl sites for hydroxylation is 2. The molecule has 5 rings (SSSR count). The Morgan fingerprint density at radius 2 is 1.71 bits per heavy atom. The van der Waals surface area contributed by atoms with Gasteiger partial charge in [-0.05, 0) is 78.6 Å². The van der Waals surface area contributed by atoms with Crippen LogP contribution in [0.4, 0.5) is 0 Å². The van der Waals surface area contributed by atoms with E-state index in [1.807, 2.05) is 24.3 Å². The van der Waals surface area contributed by atoms with Gasteiger partial charge < -0.3 is 14.4 Å². The van der Waals surface area contributed by atoms with Crippen LogP contribution in [-0.4, -0.2) is 85.4 Å². The quantitative estimate of drug-likeness (QED) is 0.347. The molecule has 3 aromatic carbocycles. The highest BCUT2D eigenvalue weighted by Gasteiger charge is 2.35. The fraction of sp³-hybridized carbons (Fsp3) is 0.364. The van der Waals surface area contributed by atoms with Gasteiger partial charge in [0.25, 0.3) is 11.8 Å². The van der Waals surface area contributed by atoms with Gasteiger partial charge in [-0.25, -0.2) is 5.01 Å². The lowest BCUT2D eigenvalue weighted by atomic mass is 9.96. The van der Waals surface area contributed by atoms with Crippen molar-refractivity contribution in [3.8, 4) is 5.75 Å². The molecule has 0 saturated carbocycles. The summed E-state index contributed by atoms with van der Waals surface area (Å²) < 4.78 is 10.7. The van der Waals surface area contributed by atoms with Crippen LogP contribution in [-0.2, 0) is 9.53 Å². The molecule has 0 aliphatic carbocycles. The molecule has 2 amide bonds. The molecule has 1 saturated heterocycles. The molecule has 2 heterocycles. The van der Waals surface area contributed by atoms with E-state index in [-0.39, 0.29) is 24.4 Å². The van der Waals surface area contributed by atoms with Crippen LogP contribution in [0.1, 0.15) is 45.1 Å². The number of hydrogen-bond acceptors (Lipinski definition) is 6. The van der Waals surface area contributed by atoms with Crippen molar-refractivity contribution in [3.05, 3.63) is 99.6 Å². The lowest BCUT2D eigenvalue weighted by Gasteiger charge is -2.31. The van der Waals surface area contributed by atoms with Crippen molar-refractivity contribution >= 4 is 29.1 Å². The molecule has 220 valence electrons. The van der Waals surface area contributed by atoms with Gasteiger partial charge in [-0.15, -0.1) is 0 Å². The van der Waals surface area contributed by atoms with Gasteiger partial charge in [0.15, 0.2) is 0 Å². The number of carbonyl (C=O) groups excluding carboxylic acids is 2. The zero-order chi connectivity index (χ0) is 29.6. The average Bonchev–Trinajstić information content (AvgIpc) is 3.47. The molecule has 1 fully saturated rings. The fourth-order valence-corrected chi connectivity index (χ4v) is 5.40. The first-order valence-corrected chi connectivity index (χ1v) is 14.7. The third kappa shape index (κ3) is 7.01. The van der Waals surface area contributed by atoms with Crippen molar-refractivity contribution in [2.45, 2.75) is 26.3 Å². The Bertz CT molecular complexity index is 1440. The van der Waals surface area contributed by atoms with Crippen LogP contribution in [0.3, 0.4) is 0 Å². The van der Waals surface area contributed by atoms with Crippen molar-refractivity contribution in [2.75, 3.05) is 53.0 Å². The summed E-state index contributed by atoms with van der Waals surface area (Å²) in [7, 11) is 1.59. The highest BCUT2D eigenvalue weighted by Crippen LogP contribution is 2.34. The van der Waals surface area contributed by atoms with E-state index < -0.39 is 0 Å². The van der Waals surface area contributed by atoms with Crippen molar-refractivity contribution in [1.82, 2.24) is 14.8 Å². The first kappa shape index (κ1) is 29.8. The molecule has 8 nitrogen and oxygen atoms in total. The Morgan fingerprint density at radius 1 is 1.00 bits per heavy atom. The highest BCUT2D eigenvalue weighted by molar-refractivity contribution is 6.30. The van der Waals surface area contributed by atoms with Crippen LogP contribution in [0, 0.1) is 13.8 Å². The smallest absolute Gasteiger partial charge is 0.262 e. The summed E-state index contributed by atoms with van der Waals surface area (Å²) in [6, 6.07) is 20.4. The Kier molecular flexibility index (Phi) is 9.57. The Hall–Kier alpha value is -3.72. The predicted octanol–water partition coefficient (Wildman–Crippen LogP) is 5.12. The minimum atomic E-state index is -0.302. The van der Waals surface area contributed by atoms with E-state index in [0.29, 0.717) is 49.1 Å². The summed E-state index contributed by atoms with van der Waals surface area (Å²) in [5.74, 6) is 0.219. The second-order valence-electron chi connectivity index (χ2n) is 10.8. The molecular formula is C33H37ClN4O4. The van der Waals surface area contributed by atoms with Crippen molar-refractivity contribution in [2.24, 2.45) is 5.10 Å². The zero-order valence-corrected chi connectivity index (χ0v) is 25.1. The SMILES string of the molecule is COc1ccc(C(=O)N(CCN2CCOCC2)CC(=O)N2N=C(c3ccc(C)c(C)c3)CC2c2ccc(Cl)cc2)cc1.